The van der Waals surface area contributed by atoms with E-state index in [2.05, 4.69) is 10.3 Å². The van der Waals surface area contributed by atoms with Crippen LogP contribution in [0.15, 0.2) is 36.8 Å². The first kappa shape index (κ1) is 11.7. The van der Waals surface area contributed by atoms with Crippen LogP contribution in [0.25, 0.3) is 0 Å². The SMILES string of the molecule is CNCCc1cn(Cc2cccc(O)c2)cn1. The zero-order valence-corrected chi connectivity index (χ0v) is 9.93. The predicted octanol–water partition coefficient (Wildman–Crippen LogP) is 1.40. The first-order valence-corrected chi connectivity index (χ1v) is 5.71. The molecule has 1 aromatic heterocycles. The fraction of sp³-hybridized carbons (Fsp3) is 0.308. The molecule has 1 aromatic carbocycles. The van der Waals surface area contributed by atoms with Crippen molar-refractivity contribution in [2.75, 3.05) is 13.6 Å². The summed E-state index contributed by atoms with van der Waals surface area (Å²) in [4.78, 5) is 4.33. The van der Waals surface area contributed by atoms with E-state index in [9.17, 15) is 5.11 Å². The Morgan fingerprint density at radius 2 is 2.29 bits per heavy atom. The number of imidazole rings is 1. The van der Waals surface area contributed by atoms with Gasteiger partial charge in [-0.3, -0.25) is 0 Å². The van der Waals surface area contributed by atoms with Gasteiger partial charge in [0.2, 0.25) is 0 Å². The summed E-state index contributed by atoms with van der Waals surface area (Å²) in [6.45, 7) is 1.67. The quantitative estimate of drug-likeness (QED) is 0.817. The van der Waals surface area contributed by atoms with Gasteiger partial charge >= 0.3 is 0 Å². The molecule has 0 saturated carbocycles. The second-order valence-electron chi connectivity index (χ2n) is 4.06. The molecule has 0 saturated heterocycles. The Morgan fingerprint density at radius 1 is 1.41 bits per heavy atom. The van der Waals surface area contributed by atoms with Crippen molar-refractivity contribution in [2.24, 2.45) is 0 Å². The third kappa shape index (κ3) is 3.32. The Balaban J connectivity index is 2.01. The molecule has 2 aromatic rings. The summed E-state index contributed by atoms with van der Waals surface area (Å²) in [6, 6.07) is 7.29. The van der Waals surface area contributed by atoms with E-state index in [1.165, 1.54) is 0 Å². The zero-order chi connectivity index (χ0) is 12.1. The number of phenolic OH excluding ortho intramolecular Hbond substituents is 1. The molecule has 0 aliphatic heterocycles. The predicted molar refractivity (Wildman–Crippen MR) is 67.1 cm³/mol. The van der Waals surface area contributed by atoms with Crippen molar-refractivity contribution in [3.05, 3.63) is 48.0 Å². The average molecular weight is 231 g/mol. The van der Waals surface area contributed by atoms with Gasteiger partial charge in [0.15, 0.2) is 0 Å². The van der Waals surface area contributed by atoms with Crippen molar-refractivity contribution in [2.45, 2.75) is 13.0 Å². The standard InChI is InChI=1S/C13H17N3O/c1-14-6-5-12-9-16(10-15-12)8-11-3-2-4-13(17)7-11/h2-4,7,9-10,14,17H,5-6,8H2,1H3. The molecular weight excluding hydrogens is 214 g/mol. The lowest BCUT2D eigenvalue weighted by Gasteiger charge is -2.02. The average Bonchev–Trinajstić information content (AvgIpc) is 2.74. The third-order valence-corrected chi connectivity index (χ3v) is 2.59. The van der Waals surface area contributed by atoms with Gasteiger partial charge in [0, 0.05) is 25.7 Å². The summed E-state index contributed by atoms with van der Waals surface area (Å²) in [5.41, 5.74) is 2.15. The molecule has 0 bridgehead atoms. The minimum Gasteiger partial charge on any atom is -0.508 e. The van der Waals surface area contributed by atoms with Crippen molar-refractivity contribution in [3.63, 3.8) is 0 Å². The number of aromatic nitrogens is 2. The van der Waals surface area contributed by atoms with Gasteiger partial charge in [0.1, 0.15) is 5.75 Å². The molecule has 17 heavy (non-hydrogen) atoms. The lowest BCUT2D eigenvalue weighted by Crippen LogP contribution is -2.10. The summed E-state index contributed by atoms with van der Waals surface area (Å²) in [6.07, 6.45) is 4.81. The van der Waals surface area contributed by atoms with E-state index < -0.39 is 0 Å². The minimum atomic E-state index is 0.304. The molecule has 0 spiro atoms. The fourth-order valence-corrected chi connectivity index (χ4v) is 1.74. The second kappa shape index (κ2) is 5.50. The van der Waals surface area contributed by atoms with Crippen molar-refractivity contribution >= 4 is 0 Å². The van der Waals surface area contributed by atoms with Crippen LogP contribution in [0.3, 0.4) is 0 Å². The molecule has 0 amide bonds. The van der Waals surface area contributed by atoms with E-state index in [4.69, 9.17) is 0 Å². The van der Waals surface area contributed by atoms with E-state index >= 15 is 0 Å². The lowest BCUT2D eigenvalue weighted by molar-refractivity contribution is 0.474. The number of nitrogens with zero attached hydrogens (tertiary/aromatic N) is 2. The van der Waals surface area contributed by atoms with Gasteiger partial charge in [0.05, 0.1) is 12.0 Å². The summed E-state index contributed by atoms with van der Waals surface area (Å²) in [7, 11) is 1.93. The maximum absolute atomic E-state index is 9.38. The maximum atomic E-state index is 9.38. The fourth-order valence-electron chi connectivity index (χ4n) is 1.74. The Labute approximate surface area is 101 Å². The Bertz CT molecular complexity index is 479. The highest BCUT2D eigenvalue weighted by Crippen LogP contribution is 2.12. The number of aromatic hydroxyl groups is 1. The van der Waals surface area contributed by atoms with E-state index in [1.807, 2.05) is 36.3 Å². The first-order chi connectivity index (χ1) is 8.28. The van der Waals surface area contributed by atoms with Gasteiger partial charge < -0.3 is 15.0 Å². The summed E-state index contributed by atoms with van der Waals surface area (Å²) in [5, 5.41) is 12.5. The Hall–Kier alpha value is -1.81. The second-order valence-corrected chi connectivity index (χ2v) is 4.06. The monoisotopic (exact) mass is 231 g/mol. The Kier molecular flexibility index (Phi) is 3.77. The molecule has 0 fully saturated rings. The van der Waals surface area contributed by atoms with Gasteiger partial charge in [0.25, 0.3) is 0 Å². The lowest BCUT2D eigenvalue weighted by atomic mass is 10.2. The summed E-state index contributed by atoms with van der Waals surface area (Å²) < 4.78 is 2.03. The number of hydrogen-bond acceptors (Lipinski definition) is 3. The van der Waals surface area contributed by atoms with E-state index in [1.54, 1.807) is 12.1 Å². The number of likely N-dealkylation sites (N-methyl/N-ethyl adjacent to an activating group) is 1. The summed E-state index contributed by atoms with van der Waals surface area (Å²) in [5.74, 6) is 0.304. The van der Waals surface area contributed by atoms with Crippen LogP contribution >= 0.6 is 0 Å². The molecular formula is C13H17N3O. The Morgan fingerprint density at radius 3 is 3.06 bits per heavy atom. The highest BCUT2D eigenvalue weighted by molar-refractivity contribution is 5.27. The van der Waals surface area contributed by atoms with Crippen molar-refractivity contribution < 1.29 is 5.11 Å². The van der Waals surface area contributed by atoms with E-state index in [0.29, 0.717) is 5.75 Å². The number of nitrogens with one attached hydrogen (secondary N) is 1. The number of hydrogen-bond donors (Lipinski definition) is 2. The molecule has 0 unspecified atom stereocenters. The molecule has 0 radical (unpaired) electrons. The van der Waals surface area contributed by atoms with Gasteiger partial charge in [-0.15, -0.1) is 0 Å². The molecule has 90 valence electrons. The molecule has 0 atom stereocenters. The highest BCUT2D eigenvalue weighted by Gasteiger charge is 2.00. The molecule has 0 aliphatic carbocycles. The number of phenols is 1. The van der Waals surface area contributed by atoms with Crippen LogP contribution in [0.5, 0.6) is 5.75 Å². The number of rotatable bonds is 5. The van der Waals surface area contributed by atoms with Crippen LogP contribution in [-0.4, -0.2) is 28.3 Å². The van der Waals surface area contributed by atoms with Gasteiger partial charge in [-0.2, -0.15) is 0 Å². The van der Waals surface area contributed by atoms with Crippen LogP contribution in [0.4, 0.5) is 0 Å². The van der Waals surface area contributed by atoms with Crippen molar-refractivity contribution in [3.8, 4) is 5.75 Å². The van der Waals surface area contributed by atoms with Crippen molar-refractivity contribution in [1.82, 2.24) is 14.9 Å². The smallest absolute Gasteiger partial charge is 0.115 e. The zero-order valence-electron chi connectivity index (χ0n) is 9.93. The van der Waals surface area contributed by atoms with Crippen LogP contribution in [-0.2, 0) is 13.0 Å². The van der Waals surface area contributed by atoms with Gasteiger partial charge in [-0.05, 0) is 24.7 Å². The maximum Gasteiger partial charge on any atom is 0.115 e. The molecule has 2 N–H and O–H groups in total. The van der Waals surface area contributed by atoms with Crippen LogP contribution in [0, 0.1) is 0 Å². The normalized spacial score (nSPS) is 10.6. The van der Waals surface area contributed by atoms with Gasteiger partial charge in [-0.1, -0.05) is 12.1 Å². The minimum absolute atomic E-state index is 0.304. The van der Waals surface area contributed by atoms with Gasteiger partial charge in [-0.25, -0.2) is 4.98 Å². The van der Waals surface area contributed by atoms with Crippen molar-refractivity contribution in [1.29, 1.82) is 0 Å². The number of benzene rings is 1. The van der Waals surface area contributed by atoms with Crippen LogP contribution in [0.1, 0.15) is 11.3 Å². The third-order valence-electron chi connectivity index (χ3n) is 2.59. The largest absolute Gasteiger partial charge is 0.508 e. The molecule has 4 heteroatoms. The molecule has 4 nitrogen and oxygen atoms in total. The molecule has 2 rings (SSSR count). The van der Waals surface area contributed by atoms with Crippen LogP contribution < -0.4 is 5.32 Å². The first-order valence-electron chi connectivity index (χ1n) is 5.71. The van der Waals surface area contributed by atoms with E-state index in [0.717, 1.165) is 30.8 Å². The highest BCUT2D eigenvalue weighted by atomic mass is 16.3. The molecule has 1 heterocycles. The van der Waals surface area contributed by atoms with E-state index in [-0.39, 0.29) is 0 Å². The van der Waals surface area contributed by atoms with Crippen LogP contribution in [0.2, 0.25) is 0 Å². The molecule has 0 aliphatic rings. The topological polar surface area (TPSA) is 50.1 Å². The summed E-state index contributed by atoms with van der Waals surface area (Å²) >= 11 is 0.